The summed E-state index contributed by atoms with van der Waals surface area (Å²) in [6, 6.07) is 0. The zero-order valence-corrected chi connectivity index (χ0v) is 9.64. The molecule has 96 valence electrons. The summed E-state index contributed by atoms with van der Waals surface area (Å²) in [6.45, 7) is -0.196. The van der Waals surface area contributed by atoms with Gasteiger partial charge in [0.15, 0.2) is 11.4 Å². The number of hydrogen-bond donors (Lipinski definition) is 3. The number of aliphatic hydroxyl groups excluding tert-OH is 2. The lowest BCUT2D eigenvalue weighted by Gasteiger charge is -2.33. The molecular formula is C11H14N4O3. The fourth-order valence-corrected chi connectivity index (χ4v) is 2.67. The van der Waals surface area contributed by atoms with Crippen LogP contribution in [0.4, 0.5) is 0 Å². The first-order valence-corrected chi connectivity index (χ1v) is 5.82. The molecular weight excluding hydrogens is 236 g/mol. The third-order valence-electron chi connectivity index (χ3n) is 3.70. The lowest BCUT2D eigenvalue weighted by molar-refractivity contribution is -0.149. The second-order valence-electron chi connectivity index (χ2n) is 4.60. The first kappa shape index (κ1) is 11.5. The Bertz CT molecular complexity index is 572. The molecule has 3 atom stereocenters. The van der Waals surface area contributed by atoms with Gasteiger partial charge in [-0.1, -0.05) is 0 Å². The van der Waals surface area contributed by atoms with Crippen LogP contribution in [-0.2, 0) is 5.72 Å². The number of fused-ring (bicyclic) bond motifs is 1. The molecule has 7 nitrogen and oxygen atoms in total. The fraction of sp³-hybridized carbons (Fsp3) is 0.545. The predicted molar refractivity (Wildman–Crippen MR) is 61.3 cm³/mol. The van der Waals surface area contributed by atoms with Crippen molar-refractivity contribution in [2.24, 2.45) is 5.92 Å². The summed E-state index contributed by atoms with van der Waals surface area (Å²) < 4.78 is 1.43. The SMILES string of the molecule is OCC1CCC(O)C1(O)n1cnc2cncnc21. The van der Waals surface area contributed by atoms with Crippen LogP contribution < -0.4 is 0 Å². The summed E-state index contributed by atoms with van der Waals surface area (Å²) in [5.41, 5.74) is -0.564. The van der Waals surface area contributed by atoms with Gasteiger partial charge in [0.2, 0.25) is 0 Å². The molecule has 0 aromatic carbocycles. The number of imidazole rings is 1. The lowest BCUT2D eigenvalue weighted by atomic mass is 9.99. The van der Waals surface area contributed by atoms with Gasteiger partial charge in [0.05, 0.1) is 19.1 Å². The Labute approximate surface area is 103 Å². The molecule has 0 aliphatic heterocycles. The van der Waals surface area contributed by atoms with Gasteiger partial charge in [-0.25, -0.2) is 15.0 Å². The fourth-order valence-electron chi connectivity index (χ4n) is 2.67. The van der Waals surface area contributed by atoms with E-state index in [2.05, 4.69) is 15.0 Å². The van der Waals surface area contributed by atoms with Crippen molar-refractivity contribution in [2.45, 2.75) is 24.7 Å². The van der Waals surface area contributed by atoms with Crippen molar-refractivity contribution in [3.05, 3.63) is 18.9 Å². The molecule has 3 rings (SSSR count). The van der Waals surface area contributed by atoms with Gasteiger partial charge in [0, 0.05) is 5.92 Å². The summed E-state index contributed by atoms with van der Waals surface area (Å²) in [7, 11) is 0. The van der Waals surface area contributed by atoms with Gasteiger partial charge in [-0.3, -0.25) is 4.57 Å². The number of aromatic nitrogens is 4. The molecule has 0 spiro atoms. The molecule has 1 aliphatic carbocycles. The van der Waals surface area contributed by atoms with Crippen LogP contribution in [0.2, 0.25) is 0 Å². The summed E-state index contributed by atoms with van der Waals surface area (Å²) in [4.78, 5) is 12.0. The Morgan fingerprint density at radius 2 is 2.22 bits per heavy atom. The molecule has 3 N–H and O–H groups in total. The third-order valence-corrected chi connectivity index (χ3v) is 3.70. The standard InChI is InChI=1S/C11H14N4O3/c16-4-7-1-2-9(17)11(7,18)15-6-14-8-3-12-5-13-10(8)15/h3,5-7,9,16-18H,1-2,4H2. The van der Waals surface area contributed by atoms with Crippen LogP contribution >= 0.6 is 0 Å². The van der Waals surface area contributed by atoms with Crippen LogP contribution in [0.5, 0.6) is 0 Å². The molecule has 0 amide bonds. The Kier molecular flexibility index (Phi) is 2.54. The zero-order chi connectivity index (χ0) is 12.8. The second kappa shape index (κ2) is 3.98. The average Bonchev–Trinajstić information content (AvgIpc) is 2.93. The highest BCUT2D eigenvalue weighted by molar-refractivity contribution is 5.69. The first-order valence-electron chi connectivity index (χ1n) is 5.82. The molecule has 2 aromatic heterocycles. The summed E-state index contributed by atoms with van der Waals surface area (Å²) in [5, 5.41) is 30.1. The summed E-state index contributed by atoms with van der Waals surface area (Å²) in [5.74, 6) is -0.431. The highest BCUT2D eigenvalue weighted by atomic mass is 16.4. The minimum absolute atomic E-state index is 0.196. The average molecular weight is 250 g/mol. The smallest absolute Gasteiger partial charge is 0.175 e. The van der Waals surface area contributed by atoms with Crippen LogP contribution in [0.3, 0.4) is 0 Å². The molecule has 0 bridgehead atoms. The van der Waals surface area contributed by atoms with Crippen LogP contribution in [-0.4, -0.2) is 47.5 Å². The number of hydrogen-bond acceptors (Lipinski definition) is 6. The van der Waals surface area contributed by atoms with Gasteiger partial charge < -0.3 is 15.3 Å². The van der Waals surface area contributed by atoms with E-state index in [9.17, 15) is 15.3 Å². The molecule has 2 heterocycles. The highest BCUT2D eigenvalue weighted by Gasteiger charge is 2.50. The van der Waals surface area contributed by atoms with E-state index >= 15 is 0 Å². The minimum Gasteiger partial charge on any atom is -0.396 e. The van der Waals surface area contributed by atoms with Crippen molar-refractivity contribution in [2.75, 3.05) is 6.61 Å². The predicted octanol–water partition coefficient (Wildman–Crippen LogP) is -0.765. The van der Waals surface area contributed by atoms with E-state index in [1.807, 2.05) is 0 Å². The Hall–Kier alpha value is -1.57. The van der Waals surface area contributed by atoms with Crippen LogP contribution in [0.15, 0.2) is 18.9 Å². The van der Waals surface area contributed by atoms with Gasteiger partial charge in [-0.2, -0.15) is 0 Å². The van der Waals surface area contributed by atoms with Crippen molar-refractivity contribution in [1.82, 2.24) is 19.5 Å². The van der Waals surface area contributed by atoms with Gasteiger partial charge in [0.1, 0.15) is 17.9 Å². The molecule has 1 fully saturated rings. The van der Waals surface area contributed by atoms with Crippen molar-refractivity contribution in [1.29, 1.82) is 0 Å². The summed E-state index contributed by atoms with van der Waals surface area (Å²) >= 11 is 0. The van der Waals surface area contributed by atoms with Gasteiger partial charge in [-0.05, 0) is 12.8 Å². The molecule has 2 aromatic rings. The zero-order valence-electron chi connectivity index (χ0n) is 9.64. The first-order chi connectivity index (χ1) is 8.67. The van der Waals surface area contributed by atoms with Crippen LogP contribution in [0, 0.1) is 5.92 Å². The molecule has 1 saturated carbocycles. The second-order valence-corrected chi connectivity index (χ2v) is 4.60. The highest BCUT2D eigenvalue weighted by Crippen LogP contribution is 2.40. The summed E-state index contributed by atoms with van der Waals surface area (Å²) in [6.07, 6.45) is 4.38. The normalized spacial score (nSPS) is 32.2. The van der Waals surface area contributed by atoms with E-state index in [0.29, 0.717) is 24.0 Å². The maximum atomic E-state index is 10.7. The maximum Gasteiger partial charge on any atom is 0.175 e. The van der Waals surface area contributed by atoms with E-state index in [4.69, 9.17) is 0 Å². The Balaban J connectivity index is 2.18. The Morgan fingerprint density at radius 1 is 1.39 bits per heavy atom. The van der Waals surface area contributed by atoms with E-state index in [-0.39, 0.29) is 6.61 Å². The number of rotatable bonds is 2. The van der Waals surface area contributed by atoms with E-state index in [0.717, 1.165) is 0 Å². The monoisotopic (exact) mass is 250 g/mol. The lowest BCUT2D eigenvalue weighted by Crippen LogP contribution is -2.46. The van der Waals surface area contributed by atoms with Crippen molar-refractivity contribution >= 4 is 11.2 Å². The van der Waals surface area contributed by atoms with Crippen LogP contribution in [0.25, 0.3) is 11.2 Å². The third kappa shape index (κ3) is 1.38. The molecule has 7 heteroatoms. The van der Waals surface area contributed by atoms with E-state index < -0.39 is 17.7 Å². The molecule has 0 saturated heterocycles. The molecule has 1 aliphatic rings. The van der Waals surface area contributed by atoms with Crippen molar-refractivity contribution in [3.63, 3.8) is 0 Å². The maximum absolute atomic E-state index is 10.7. The van der Waals surface area contributed by atoms with E-state index in [1.165, 1.54) is 23.4 Å². The van der Waals surface area contributed by atoms with Gasteiger partial charge in [0.25, 0.3) is 0 Å². The van der Waals surface area contributed by atoms with E-state index in [1.54, 1.807) is 0 Å². The largest absolute Gasteiger partial charge is 0.396 e. The Morgan fingerprint density at radius 3 is 3.00 bits per heavy atom. The van der Waals surface area contributed by atoms with Crippen molar-refractivity contribution in [3.8, 4) is 0 Å². The van der Waals surface area contributed by atoms with Gasteiger partial charge >= 0.3 is 0 Å². The topological polar surface area (TPSA) is 104 Å². The minimum atomic E-state index is -1.56. The van der Waals surface area contributed by atoms with Crippen molar-refractivity contribution < 1.29 is 15.3 Å². The van der Waals surface area contributed by atoms with Gasteiger partial charge in [-0.15, -0.1) is 0 Å². The quantitative estimate of drug-likeness (QED) is 0.647. The number of aliphatic hydroxyl groups is 3. The molecule has 0 radical (unpaired) electrons. The molecule has 18 heavy (non-hydrogen) atoms. The molecule has 3 unspecified atom stereocenters. The van der Waals surface area contributed by atoms with Crippen LogP contribution in [0.1, 0.15) is 12.8 Å². The number of nitrogens with zero attached hydrogens (tertiary/aromatic N) is 4.